The van der Waals surface area contributed by atoms with Gasteiger partial charge in [0.1, 0.15) is 0 Å². The van der Waals surface area contributed by atoms with Crippen molar-refractivity contribution >= 4 is 33.6 Å². The van der Waals surface area contributed by atoms with E-state index in [-0.39, 0.29) is 17.3 Å². The van der Waals surface area contributed by atoms with Crippen LogP contribution in [0.1, 0.15) is 6.42 Å². The summed E-state index contributed by atoms with van der Waals surface area (Å²) in [4.78, 5) is 19.5. The number of ether oxygens (including phenoxy) is 1. The van der Waals surface area contributed by atoms with E-state index in [9.17, 15) is 4.79 Å². The third kappa shape index (κ3) is 9.23. The van der Waals surface area contributed by atoms with Gasteiger partial charge in [0.2, 0.25) is 5.91 Å². The van der Waals surface area contributed by atoms with E-state index in [4.69, 9.17) is 33.9 Å². The van der Waals surface area contributed by atoms with Gasteiger partial charge in [0.25, 0.3) is 0 Å². The Hall–Kier alpha value is -1.31. The van der Waals surface area contributed by atoms with Crippen LogP contribution < -0.4 is 4.90 Å². The molecule has 0 spiro atoms. The Bertz CT molecular complexity index is 748. The maximum Gasteiger partial charge on any atom is 0.394 e. The molecule has 2 aliphatic heterocycles. The Labute approximate surface area is 182 Å². The third-order valence-electron chi connectivity index (χ3n) is 5.01. The summed E-state index contributed by atoms with van der Waals surface area (Å²) in [5, 5.41) is 0.702. The van der Waals surface area contributed by atoms with Crippen LogP contribution in [0, 0.1) is 5.92 Å². The van der Waals surface area contributed by atoms with Crippen molar-refractivity contribution in [2.75, 3.05) is 64.4 Å². The summed E-state index contributed by atoms with van der Waals surface area (Å²) >= 11 is 5.93. The molecule has 12 heteroatoms. The lowest BCUT2D eigenvalue weighted by molar-refractivity contribution is -0.121. The maximum atomic E-state index is 12.7. The number of halogens is 1. The highest BCUT2D eigenvalue weighted by atomic mass is 35.5. The fourth-order valence-corrected chi connectivity index (χ4v) is 3.64. The van der Waals surface area contributed by atoms with Crippen molar-refractivity contribution in [3.05, 3.63) is 29.3 Å². The number of hydrogen-bond acceptors (Lipinski definition) is 6. The van der Waals surface area contributed by atoms with Crippen LogP contribution in [-0.2, 0) is 19.9 Å². The van der Waals surface area contributed by atoms with E-state index in [0.717, 1.165) is 64.5 Å². The molecule has 0 aliphatic carbocycles. The Morgan fingerprint density at radius 2 is 1.60 bits per heavy atom. The number of anilines is 1. The molecule has 172 valence electrons. The average molecular weight is 468 g/mol. The first kappa shape index (κ1) is 26.7. The van der Waals surface area contributed by atoms with Gasteiger partial charge in [-0.15, -0.1) is 0 Å². The van der Waals surface area contributed by atoms with Crippen molar-refractivity contribution in [3.63, 3.8) is 0 Å². The van der Waals surface area contributed by atoms with Crippen LogP contribution in [-0.4, -0.2) is 98.2 Å². The number of carbonyl (C=O) groups is 1. The van der Waals surface area contributed by atoms with E-state index >= 15 is 0 Å². The second-order valence-corrected chi connectivity index (χ2v) is 8.37. The fourth-order valence-electron chi connectivity index (χ4n) is 3.51. The van der Waals surface area contributed by atoms with Crippen molar-refractivity contribution < 1.29 is 32.5 Å². The van der Waals surface area contributed by atoms with E-state index in [0.29, 0.717) is 5.02 Å². The molecule has 0 aromatic heterocycles. The predicted molar refractivity (Wildman–Crippen MR) is 114 cm³/mol. The van der Waals surface area contributed by atoms with Gasteiger partial charge in [-0.25, -0.2) is 0 Å². The van der Waals surface area contributed by atoms with Crippen molar-refractivity contribution in [2.24, 2.45) is 5.92 Å². The quantitative estimate of drug-likeness (QED) is 0.575. The average Bonchev–Trinajstić information content (AvgIpc) is 3.01. The number of nitrogens with zero attached hydrogens (tertiary/aromatic N) is 3. The third-order valence-corrected chi connectivity index (χ3v) is 5.26. The molecule has 0 radical (unpaired) electrons. The summed E-state index contributed by atoms with van der Waals surface area (Å²) in [6.07, 6.45) is 0.936. The zero-order valence-corrected chi connectivity index (χ0v) is 18.5. The highest BCUT2D eigenvalue weighted by molar-refractivity contribution is 7.79. The van der Waals surface area contributed by atoms with Crippen molar-refractivity contribution in [1.29, 1.82) is 0 Å². The van der Waals surface area contributed by atoms with Gasteiger partial charge < -0.3 is 20.0 Å². The molecule has 0 saturated carbocycles. The normalized spacial score (nSPS) is 20.5. The first-order valence-electron chi connectivity index (χ1n) is 9.38. The molecule has 1 atom stereocenters. The molecule has 1 aromatic rings. The molecule has 10 nitrogen and oxygen atoms in total. The lowest BCUT2D eigenvalue weighted by atomic mass is 10.1. The van der Waals surface area contributed by atoms with E-state index in [1.165, 1.54) is 0 Å². The van der Waals surface area contributed by atoms with E-state index in [1.807, 2.05) is 29.2 Å². The van der Waals surface area contributed by atoms with Crippen LogP contribution >= 0.6 is 11.6 Å². The van der Waals surface area contributed by atoms with Crippen molar-refractivity contribution in [2.45, 2.75) is 6.42 Å². The molecule has 1 amide bonds. The molecule has 0 unspecified atom stereocenters. The minimum atomic E-state index is -4.67. The first-order valence-corrected chi connectivity index (χ1v) is 11.2. The molecule has 2 aliphatic rings. The van der Waals surface area contributed by atoms with Crippen LogP contribution in [0.5, 0.6) is 0 Å². The van der Waals surface area contributed by atoms with Crippen LogP contribution in [0.15, 0.2) is 24.3 Å². The van der Waals surface area contributed by atoms with Gasteiger partial charge in [0.05, 0.1) is 12.5 Å². The SMILES string of the molecule is COCCN1CCN(C[C@H]2CCN(c3ccc(Cl)cc3)C2=O)CC1.O.O=S(=O)(O)O. The van der Waals surface area contributed by atoms with Gasteiger partial charge in [-0.3, -0.25) is 18.8 Å². The minimum absolute atomic E-state index is 0. The molecule has 4 N–H and O–H groups in total. The maximum absolute atomic E-state index is 12.7. The zero-order chi connectivity index (χ0) is 21.4. The number of hydrogen-bond donors (Lipinski definition) is 2. The number of methoxy groups -OCH3 is 1. The van der Waals surface area contributed by atoms with Gasteiger partial charge in [-0.05, 0) is 30.7 Å². The van der Waals surface area contributed by atoms with Gasteiger partial charge in [0, 0.05) is 63.6 Å². The highest BCUT2D eigenvalue weighted by Crippen LogP contribution is 2.27. The van der Waals surface area contributed by atoms with Crippen LogP contribution in [0.3, 0.4) is 0 Å². The second-order valence-electron chi connectivity index (χ2n) is 7.03. The molecular weight excluding hydrogens is 438 g/mol. The van der Waals surface area contributed by atoms with Gasteiger partial charge >= 0.3 is 10.4 Å². The minimum Gasteiger partial charge on any atom is -0.412 e. The van der Waals surface area contributed by atoms with E-state index in [1.54, 1.807) is 7.11 Å². The summed E-state index contributed by atoms with van der Waals surface area (Å²) in [5.41, 5.74) is 0.955. The molecule has 1 aromatic carbocycles. The summed E-state index contributed by atoms with van der Waals surface area (Å²) in [7, 11) is -2.92. The Balaban J connectivity index is 0.000000674. The Kier molecular flexibility index (Phi) is 11.2. The van der Waals surface area contributed by atoms with E-state index < -0.39 is 10.4 Å². The molecular formula is C18H30ClN3O7S. The highest BCUT2D eigenvalue weighted by Gasteiger charge is 2.34. The lowest BCUT2D eigenvalue weighted by Crippen LogP contribution is -2.49. The zero-order valence-electron chi connectivity index (χ0n) is 16.9. The van der Waals surface area contributed by atoms with Crippen LogP contribution in [0.25, 0.3) is 0 Å². The Morgan fingerprint density at radius 1 is 1.07 bits per heavy atom. The number of piperazine rings is 1. The van der Waals surface area contributed by atoms with Crippen LogP contribution in [0.4, 0.5) is 5.69 Å². The standard InChI is InChI=1S/C18H26ClN3O2.H2O4S.H2O/c1-24-13-12-20-8-10-21(11-9-20)14-15-6-7-22(18(15)23)17-4-2-16(19)3-5-17;1-5(2,3)4;/h2-5,15H,6-14H2,1H3;(H2,1,2,3,4);1H2/t15-;;/m1../s1. The Morgan fingerprint density at radius 3 is 2.13 bits per heavy atom. The second kappa shape index (κ2) is 12.5. The number of carbonyl (C=O) groups excluding carboxylic acids is 1. The summed E-state index contributed by atoms with van der Waals surface area (Å²) in [5.74, 6) is 0.366. The predicted octanol–water partition coefficient (Wildman–Crippen LogP) is 0.479. The topological polar surface area (TPSA) is 142 Å². The molecule has 30 heavy (non-hydrogen) atoms. The van der Waals surface area contributed by atoms with Crippen LogP contribution in [0.2, 0.25) is 5.02 Å². The summed E-state index contributed by atoms with van der Waals surface area (Å²) in [6.45, 7) is 7.66. The lowest BCUT2D eigenvalue weighted by Gasteiger charge is -2.35. The van der Waals surface area contributed by atoms with Crippen molar-refractivity contribution in [1.82, 2.24) is 9.80 Å². The van der Waals surface area contributed by atoms with Gasteiger partial charge in [-0.2, -0.15) is 8.42 Å². The molecule has 2 heterocycles. The molecule has 3 rings (SSSR count). The van der Waals surface area contributed by atoms with Gasteiger partial charge in [0.15, 0.2) is 0 Å². The number of rotatable bonds is 6. The largest absolute Gasteiger partial charge is 0.412 e. The van der Waals surface area contributed by atoms with Crippen molar-refractivity contribution in [3.8, 4) is 0 Å². The fraction of sp³-hybridized carbons (Fsp3) is 0.611. The molecule has 0 bridgehead atoms. The number of benzene rings is 1. The van der Waals surface area contributed by atoms with Gasteiger partial charge in [-0.1, -0.05) is 11.6 Å². The monoisotopic (exact) mass is 467 g/mol. The van der Waals surface area contributed by atoms with E-state index in [2.05, 4.69) is 9.80 Å². The first-order chi connectivity index (χ1) is 13.7. The summed E-state index contributed by atoms with van der Waals surface area (Å²) < 4.78 is 36.7. The molecule has 2 fully saturated rings. The summed E-state index contributed by atoms with van der Waals surface area (Å²) in [6, 6.07) is 7.54. The molecule has 2 saturated heterocycles. The number of amides is 1. The smallest absolute Gasteiger partial charge is 0.394 e.